The number of carbonyl (C=O) groups is 1. The number of nitro benzene ring substituents is 1. The molecule has 1 aromatic carbocycles. The predicted molar refractivity (Wildman–Crippen MR) is 72.9 cm³/mol. The van der Waals surface area contributed by atoms with Gasteiger partial charge in [-0.3, -0.25) is 14.9 Å². The second kappa shape index (κ2) is 6.13. The number of nitro groups is 1. The number of halogens is 4. The molecule has 1 atom stereocenters. The molecule has 0 radical (unpaired) electrons. The van der Waals surface area contributed by atoms with Crippen molar-refractivity contribution in [3.8, 4) is 0 Å². The highest BCUT2D eigenvalue weighted by Gasteiger charge is 2.38. The van der Waals surface area contributed by atoms with E-state index in [1.807, 2.05) is 0 Å². The number of alkyl halides is 3. The zero-order chi connectivity index (χ0) is 14.8. The summed E-state index contributed by atoms with van der Waals surface area (Å²) in [7, 11) is 0. The fraction of sp³-hybridized carbons (Fsp3) is 0.300. The van der Waals surface area contributed by atoms with Crippen LogP contribution < -0.4 is 0 Å². The minimum absolute atomic E-state index is 0.0473. The second-order valence-electron chi connectivity index (χ2n) is 3.49. The summed E-state index contributed by atoms with van der Waals surface area (Å²) >= 11 is 23.0. The monoisotopic (exact) mass is 345 g/mol. The van der Waals surface area contributed by atoms with Gasteiger partial charge >= 0.3 is 5.97 Å². The van der Waals surface area contributed by atoms with Gasteiger partial charge in [-0.05, 0) is 6.07 Å². The van der Waals surface area contributed by atoms with Gasteiger partial charge in [0.05, 0.1) is 4.92 Å². The molecule has 104 valence electrons. The van der Waals surface area contributed by atoms with Crippen molar-refractivity contribution in [3.63, 3.8) is 0 Å². The molecule has 0 unspecified atom stereocenters. The molecule has 5 nitrogen and oxygen atoms in total. The highest BCUT2D eigenvalue weighted by atomic mass is 35.6. The Morgan fingerprint density at radius 3 is 2.42 bits per heavy atom. The van der Waals surface area contributed by atoms with Crippen LogP contribution in [0, 0.1) is 10.1 Å². The molecule has 0 heterocycles. The standard InChI is InChI=1S/C10H7Cl4NO4/c1-5(16)19-9(10(12,13)14)7-4-6(15(17)18)2-3-8(7)11/h2-4,9H,1H3/t9-/m1/s1. The van der Waals surface area contributed by atoms with E-state index in [1.165, 1.54) is 12.1 Å². The molecule has 0 aliphatic heterocycles. The van der Waals surface area contributed by atoms with Crippen LogP contribution in [0.25, 0.3) is 0 Å². The lowest BCUT2D eigenvalue weighted by atomic mass is 10.1. The molecule has 9 heteroatoms. The van der Waals surface area contributed by atoms with Gasteiger partial charge in [-0.15, -0.1) is 0 Å². The molecule has 1 aromatic rings. The Labute approximate surface area is 128 Å². The molecule has 1 rings (SSSR count). The summed E-state index contributed by atoms with van der Waals surface area (Å²) < 4.78 is 2.87. The average Bonchev–Trinajstić information content (AvgIpc) is 2.25. The van der Waals surface area contributed by atoms with Crippen molar-refractivity contribution < 1.29 is 14.5 Å². The van der Waals surface area contributed by atoms with E-state index in [9.17, 15) is 14.9 Å². The number of benzene rings is 1. The molecule has 0 aromatic heterocycles. The molecule has 0 aliphatic rings. The maximum absolute atomic E-state index is 11.0. The molecule has 0 spiro atoms. The van der Waals surface area contributed by atoms with Gasteiger partial charge in [0.25, 0.3) is 5.69 Å². The van der Waals surface area contributed by atoms with Crippen LogP contribution in [0.4, 0.5) is 5.69 Å². The number of hydrogen-bond donors (Lipinski definition) is 0. The molecule has 0 amide bonds. The van der Waals surface area contributed by atoms with Crippen LogP contribution in [0.1, 0.15) is 18.6 Å². The Kier molecular flexibility index (Phi) is 5.26. The number of non-ortho nitro benzene ring substituents is 1. The van der Waals surface area contributed by atoms with E-state index in [0.717, 1.165) is 13.0 Å². The Morgan fingerprint density at radius 1 is 1.42 bits per heavy atom. The Morgan fingerprint density at radius 2 is 2.00 bits per heavy atom. The smallest absolute Gasteiger partial charge is 0.303 e. The van der Waals surface area contributed by atoms with Crippen molar-refractivity contribution in [2.45, 2.75) is 16.8 Å². The van der Waals surface area contributed by atoms with Crippen LogP contribution in [0.15, 0.2) is 18.2 Å². The Bertz CT molecular complexity index is 515. The van der Waals surface area contributed by atoms with Crippen molar-refractivity contribution in [3.05, 3.63) is 38.9 Å². The van der Waals surface area contributed by atoms with E-state index >= 15 is 0 Å². The summed E-state index contributed by atoms with van der Waals surface area (Å²) in [5, 5.41) is 10.8. The quantitative estimate of drug-likeness (QED) is 0.355. The molecule has 0 fully saturated rings. The van der Waals surface area contributed by atoms with E-state index in [0.29, 0.717) is 0 Å². The van der Waals surface area contributed by atoms with Crippen LogP contribution in [0.2, 0.25) is 5.02 Å². The summed E-state index contributed by atoms with van der Waals surface area (Å²) in [5.74, 6) is -0.709. The Balaban J connectivity index is 3.32. The van der Waals surface area contributed by atoms with Crippen LogP contribution in [0.3, 0.4) is 0 Å². The van der Waals surface area contributed by atoms with Crippen molar-refractivity contribution in [2.75, 3.05) is 0 Å². The van der Waals surface area contributed by atoms with E-state index in [-0.39, 0.29) is 16.3 Å². The lowest BCUT2D eigenvalue weighted by Gasteiger charge is -2.24. The van der Waals surface area contributed by atoms with Gasteiger partial charge in [0, 0.05) is 29.6 Å². The third kappa shape index (κ3) is 4.38. The predicted octanol–water partition coefficient (Wildman–Crippen LogP) is 4.22. The fourth-order valence-electron chi connectivity index (χ4n) is 1.32. The maximum Gasteiger partial charge on any atom is 0.303 e. The highest BCUT2D eigenvalue weighted by Crippen LogP contribution is 2.45. The van der Waals surface area contributed by atoms with Gasteiger partial charge in [0.2, 0.25) is 3.79 Å². The molecule has 0 N–H and O–H groups in total. The minimum Gasteiger partial charge on any atom is -0.453 e. The zero-order valence-electron chi connectivity index (χ0n) is 9.40. The van der Waals surface area contributed by atoms with Crippen LogP contribution in [-0.4, -0.2) is 14.7 Å². The molecule has 0 saturated heterocycles. The van der Waals surface area contributed by atoms with Gasteiger partial charge in [0.15, 0.2) is 6.10 Å². The summed E-state index contributed by atoms with van der Waals surface area (Å²) in [6, 6.07) is 3.55. The third-order valence-electron chi connectivity index (χ3n) is 2.05. The molecule has 0 saturated carbocycles. The second-order valence-corrected chi connectivity index (χ2v) is 6.27. The van der Waals surface area contributed by atoms with Crippen molar-refractivity contribution in [1.82, 2.24) is 0 Å². The lowest BCUT2D eigenvalue weighted by molar-refractivity contribution is -0.385. The fourth-order valence-corrected chi connectivity index (χ4v) is 2.02. The first kappa shape index (κ1) is 16.3. The molecular weight excluding hydrogens is 340 g/mol. The maximum atomic E-state index is 11.0. The average molecular weight is 347 g/mol. The normalized spacial score (nSPS) is 12.9. The van der Waals surface area contributed by atoms with Crippen LogP contribution >= 0.6 is 46.4 Å². The van der Waals surface area contributed by atoms with Crippen LogP contribution in [-0.2, 0) is 9.53 Å². The summed E-state index contributed by atoms with van der Waals surface area (Å²) in [4.78, 5) is 21.1. The summed E-state index contributed by atoms with van der Waals surface area (Å²) in [6.45, 7) is 1.12. The van der Waals surface area contributed by atoms with Gasteiger partial charge in [-0.1, -0.05) is 46.4 Å². The number of carbonyl (C=O) groups excluding carboxylic acids is 1. The number of rotatable bonds is 3. The van der Waals surface area contributed by atoms with Gasteiger partial charge < -0.3 is 4.74 Å². The topological polar surface area (TPSA) is 69.4 Å². The summed E-state index contributed by atoms with van der Waals surface area (Å²) in [6.07, 6.45) is -1.35. The van der Waals surface area contributed by atoms with Crippen molar-refractivity contribution in [2.24, 2.45) is 0 Å². The number of hydrogen-bond acceptors (Lipinski definition) is 4. The number of nitrogens with zero attached hydrogens (tertiary/aromatic N) is 1. The van der Waals surface area contributed by atoms with Crippen molar-refractivity contribution >= 4 is 58.1 Å². The first-order valence-corrected chi connectivity index (χ1v) is 6.32. The molecular formula is C10H7Cl4NO4. The summed E-state index contributed by atoms with van der Waals surface area (Å²) in [5.41, 5.74) is -0.211. The molecule has 0 aliphatic carbocycles. The first-order chi connectivity index (χ1) is 8.62. The van der Waals surface area contributed by atoms with Gasteiger partial charge in [0.1, 0.15) is 0 Å². The van der Waals surface area contributed by atoms with Crippen molar-refractivity contribution in [1.29, 1.82) is 0 Å². The van der Waals surface area contributed by atoms with E-state index in [4.69, 9.17) is 51.1 Å². The molecule has 19 heavy (non-hydrogen) atoms. The largest absolute Gasteiger partial charge is 0.453 e. The number of ether oxygens (including phenoxy) is 1. The third-order valence-corrected chi connectivity index (χ3v) is 2.99. The minimum atomic E-state index is -2.01. The first-order valence-electron chi connectivity index (χ1n) is 4.80. The lowest BCUT2D eigenvalue weighted by Crippen LogP contribution is -2.23. The van der Waals surface area contributed by atoms with E-state index in [1.54, 1.807) is 0 Å². The highest BCUT2D eigenvalue weighted by molar-refractivity contribution is 6.68. The van der Waals surface area contributed by atoms with Gasteiger partial charge in [-0.25, -0.2) is 0 Å². The van der Waals surface area contributed by atoms with E-state index in [2.05, 4.69) is 0 Å². The number of esters is 1. The van der Waals surface area contributed by atoms with Crippen LogP contribution in [0.5, 0.6) is 0 Å². The van der Waals surface area contributed by atoms with E-state index < -0.39 is 20.8 Å². The molecule has 0 bridgehead atoms. The zero-order valence-corrected chi connectivity index (χ0v) is 12.4. The van der Waals surface area contributed by atoms with Gasteiger partial charge in [-0.2, -0.15) is 0 Å². The SMILES string of the molecule is CC(=O)O[C@H](c1cc([N+](=O)[O-])ccc1Cl)C(Cl)(Cl)Cl. The Hall–Kier alpha value is -0.750.